The van der Waals surface area contributed by atoms with Crippen molar-refractivity contribution in [3.8, 4) is 0 Å². The van der Waals surface area contributed by atoms with Crippen LogP contribution in [0.5, 0.6) is 0 Å². The minimum atomic E-state index is 0.207. The topological polar surface area (TPSA) is 44.5 Å². The lowest BCUT2D eigenvalue weighted by molar-refractivity contribution is -0.166. The first-order chi connectivity index (χ1) is 7.16. The van der Waals surface area contributed by atoms with Gasteiger partial charge in [-0.05, 0) is 25.7 Å². The lowest BCUT2D eigenvalue weighted by Gasteiger charge is -2.53. The molecule has 3 heteroatoms. The van der Waals surface area contributed by atoms with E-state index in [1.54, 1.807) is 0 Å². The molecule has 0 bridgehead atoms. The van der Waals surface area contributed by atoms with Crippen LogP contribution in [0.3, 0.4) is 0 Å². The monoisotopic (exact) mass is 213 g/mol. The Morgan fingerprint density at radius 1 is 1.40 bits per heavy atom. The summed E-state index contributed by atoms with van der Waals surface area (Å²) in [5.74, 6) is 0. The molecule has 0 aromatic heterocycles. The molecular weight excluding hydrogens is 190 g/mol. The van der Waals surface area contributed by atoms with Crippen molar-refractivity contribution >= 4 is 0 Å². The van der Waals surface area contributed by atoms with Crippen molar-refractivity contribution in [2.24, 2.45) is 11.1 Å². The predicted octanol–water partition coefficient (Wildman–Crippen LogP) is 1.70. The van der Waals surface area contributed by atoms with E-state index in [-0.39, 0.29) is 5.41 Å². The molecule has 0 aromatic carbocycles. The van der Waals surface area contributed by atoms with E-state index < -0.39 is 0 Å². The number of hydrogen-bond acceptors (Lipinski definition) is 3. The first-order valence-corrected chi connectivity index (χ1v) is 6.15. The average Bonchev–Trinajstić information content (AvgIpc) is 2.29. The van der Waals surface area contributed by atoms with Gasteiger partial charge in [0, 0.05) is 24.7 Å². The van der Waals surface area contributed by atoms with Crippen LogP contribution in [0.1, 0.15) is 39.5 Å². The quantitative estimate of drug-likeness (QED) is 0.776. The molecule has 3 atom stereocenters. The summed E-state index contributed by atoms with van der Waals surface area (Å²) in [4.78, 5) is 0. The Labute approximate surface area is 92.3 Å². The Hall–Kier alpha value is -0.120. The summed E-state index contributed by atoms with van der Waals surface area (Å²) in [6, 6.07) is 0.326. The molecule has 1 aliphatic carbocycles. The minimum absolute atomic E-state index is 0.207. The van der Waals surface area contributed by atoms with Gasteiger partial charge in [0.25, 0.3) is 0 Å². The molecule has 3 nitrogen and oxygen atoms in total. The third-order valence-electron chi connectivity index (χ3n) is 4.34. The second kappa shape index (κ2) is 4.40. The van der Waals surface area contributed by atoms with Crippen LogP contribution in [-0.4, -0.2) is 31.5 Å². The van der Waals surface area contributed by atoms with Crippen molar-refractivity contribution < 1.29 is 9.47 Å². The predicted molar refractivity (Wildman–Crippen MR) is 59.7 cm³/mol. The summed E-state index contributed by atoms with van der Waals surface area (Å²) in [7, 11) is 0. The van der Waals surface area contributed by atoms with E-state index in [9.17, 15) is 0 Å². The summed E-state index contributed by atoms with van der Waals surface area (Å²) < 4.78 is 11.5. The maximum absolute atomic E-state index is 6.14. The van der Waals surface area contributed by atoms with Crippen molar-refractivity contribution in [2.75, 3.05) is 13.2 Å². The zero-order chi connectivity index (χ0) is 10.9. The van der Waals surface area contributed by atoms with Gasteiger partial charge in [-0.15, -0.1) is 0 Å². The third kappa shape index (κ3) is 2.05. The fraction of sp³-hybridized carbons (Fsp3) is 1.00. The standard InChI is InChI=1S/C12H23NO2/c1-3-12(2)10(13)8-11(12)15-9-4-6-14-7-5-9/h9-11H,3-8,13H2,1-2H3. The van der Waals surface area contributed by atoms with Gasteiger partial charge in [0.15, 0.2) is 0 Å². The van der Waals surface area contributed by atoms with Gasteiger partial charge in [-0.1, -0.05) is 13.8 Å². The summed E-state index contributed by atoms with van der Waals surface area (Å²) in [5, 5.41) is 0. The highest BCUT2D eigenvalue weighted by atomic mass is 16.5. The Morgan fingerprint density at radius 2 is 2.07 bits per heavy atom. The first kappa shape index (κ1) is 11.4. The highest BCUT2D eigenvalue weighted by Crippen LogP contribution is 2.45. The molecule has 0 aromatic rings. The maximum atomic E-state index is 6.14. The molecule has 0 radical (unpaired) electrons. The van der Waals surface area contributed by atoms with Crippen molar-refractivity contribution in [1.29, 1.82) is 0 Å². The average molecular weight is 213 g/mol. The summed E-state index contributed by atoms with van der Waals surface area (Å²) in [5.41, 5.74) is 6.26. The molecule has 2 rings (SSSR count). The number of nitrogens with two attached hydrogens (primary N) is 1. The Kier molecular flexibility index (Phi) is 3.33. The van der Waals surface area contributed by atoms with E-state index in [1.165, 1.54) is 0 Å². The van der Waals surface area contributed by atoms with Gasteiger partial charge in [0.1, 0.15) is 0 Å². The molecule has 3 unspecified atom stereocenters. The zero-order valence-electron chi connectivity index (χ0n) is 9.87. The van der Waals surface area contributed by atoms with Crippen molar-refractivity contribution in [3.05, 3.63) is 0 Å². The van der Waals surface area contributed by atoms with Gasteiger partial charge in [-0.2, -0.15) is 0 Å². The summed E-state index contributed by atoms with van der Waals surface area (Å²) in [6.45, 7) is 6.17. The molecule has 1 aliphatic heterocycles. The number of rotatable bonds is 3. The SMILES string of the molecule is CCC1(C)C(N)CC1OC1CCOCC1. The summed E-state index contributed by atoms with van der Waals surface area (Å²) >= 11 is 0. The number of ether oxygens (including phenoxy) is 2. The van der Waals surface area contributed by atoms with Crippen molar-refractivity contribution in [3.63, 3.8) is 0 Å². The lowest BCUT2D eigenvalue weighted by Crippen LogP contribution is -2.61. The fourth-order valence-electron chi connectivity index (χ4n) is 2.59. The Morgan fingerprint density at radius 3 is 2.60 bits per heavy atom. The smallest absolute Gasteiger partial charge is 0.0662 e. The van der Waals surface area contributed by atoms with Gasteiger partial charge >= 0.3 is 0 Å². The van der Waals surface area contributed by atoms with Crippen LogP contribution in [0, 0.1) is 5.41 Å². The zero-order valence-corrected chi connectivity index (χ0v) is 9.87. The molecule has 2 N–H and O–H groups in total. The van der Waals surface area contributed by atoms with Crippen LogP contribution in [-0.2, 0) is 9.47 Å². The van der Waals surface area contributed by atoms with Crippen LogP contribution in [0.15, 0.2) is 0 Å². The van der Waals surface area contributed by atoms with Crippen LogP contribution in [0.2, 0.25) is 0 Å². The largest absolute Gasteiger partial charge is 0.381 e. The summed E-state index contributed by atoms with van der Waals surface area (Å²) in [6.07, 6.45) is 5.02. The molecule has 0 spiro atoms. The minimum Gasteiger partial charge on any atom is -0.381 e. The third-order valence-corrected chi connectivity index (χ3v) is 4.34. The fourth-order valence-corrected chi connectivity index (χ4v) is 2.59. The molecule has 2 fully saturated rings. The van der Waals surface area contributed by atoms with E-state index in [0.717, 1.165) is 38.9 Å². The normalized spacial score (nSPS) is 42.6. The van der Waals surface area contributed by atoms with Crippen LogP contribution in [0.25, 0.3) is 0 Å². The maximum Gasteiger partial charge on any atom is 0.0662 e. The van der Waals surface area contributed by atoms with Crippen molar-refractivity contribution in [2.45, 2.75) is 57.8 Å². The molecule has 2 aliphatic rings. The van der Waals surface area contributed by atoms with E-state index >= 15 is 0 Å². The van der Waals surface area contributed by atoms with Crippen LogP contribution < -0.4 is 5.73 Å². The molecular formula is C12H23NO2. The lowest BCUT2D eigenvalue weighted by atomic mass is 9.62. The Balaban J connectivity index is 1.84. The number of hydrogen-bond donors (Lipinski definition) is 1. The van der Waals surface area contributed by atoms with Gasteiger partial charge in [-0.3, -0.25) is 0 Å². The highest BCUT2D eigenvalue weighted by Gasteiger charge is 2.50. The van der Waals surface area contributed by atoms with E-state index in [1.807, 2.05) is 0 Å². The molecule has 88 valence electrons. The van der Waals surface area contributed by atoms with Crippen LogP contribution >= 0.6 is 0 Å². The molecule has 1 heterocycles. The molecule has 0 amide bonds. The van der Waals surface area contributed by atoms with Crippen molar-refractivity contribution in [1.82, 2.24) is 0 Å². The Bertz CT molecular complexity index is 216. The van der Waals surface area contributed by atoms with Gasteiger partial charge in [0.05, 0.1) is 12.2 Å². The van der Waals surface area contributed by atoms with Gasteiger partial charge in [0.2, 0.25) is 0 Å². The van der Waals surface area contributed by atoms with E-state index in [0.29, 0.717) is 18.2 Å². The molecule has 1 saturated heterocycles. The second-order valence-electron chi connectivity index (χ2n) is 5.14. The van der Waals surface area contributed by atoms with Gasteiger partial charge < -0.3 is 15.2 Å². The molecule has 1 saturated carbocycles. The molecule has 15 heavy (non-hydrogen) atoms. The van der Waals surface area contributed by atoms with Gasteiger partial charge in [-0.25, -0.2) is 0 Å². The second-order valence-corrected chi connectivity index (χ2v) is 5.14. The van der Waals surface area contributed by atoms with E-state index in [2.05, 4.69) is 13.8 Å². The van der Waals surface area contributed by atoms with Crippen LogP contribution in [0.4, 0.5) is 0 Å². The first-order valence-electron chi connectivity index (χ1n) is 6.15. The van der Waals surface area contributed by atoms with E-state index in [4.69, 9.17) is 15.2 Å². The highest BCUT2D eigenvalue weighted by molar-refractivity contribution is 5.03.